The number of hydrogen-bond donors (Lipinski definition) is 3. The van der Waals surface area contributed by atoms with Gasteiger partial charge in [-0.2, -0.15) is 0 Å². The Morgan fingerprint density at radius 1 is 1.36 bits per heavy atom. The molecule has 14 heavy (non-hydrogen) atoms. The minimum absolute atomic E-state index is 0.457. The van der Waals surface area contributed by atoms with Crippen molar-refractivity contribution in [1.82, 2.24) is 5.32 Å². The predicted molar refractivity (Wildman–Crippen MR) is 57.7 cm³/mol. The summed E-state index contributed by atoms with van der Waals surface area (Å²) in [5.74, 6) is 0. The van der Waals surface area contributed by atoms with Gasteiger partial charge in [-0.3, -0.25) is 5.32 Å². The van der Waals surface area contributed by atoms with E-state index in [2.05, 4.69) is 5.32 Å². The van der Waals surface area contributed by atoms with Crippen LogP contribution in [0.4, 0.5) is 0 Å². The summed E-state index contributed by atoms with van der Waals surface area (Å²) in [7, 11) is 0. The van der Waals surface area contributed by atoms with Gasteiger partial charge in [0.1, 0.15) is 5.72 Å². The second-order valence-corrected chi connectivity index (χ2v) is 3.30. The van der Waals surface area contributed by atoms with E-state index >= 15 is 0 Å². The lowest BCUT2D eigenvalue weighted by atomic mass is 9.99. The van der Waals surface area contributed by atoms with Crippen molar-refractivity contribution in [3.05, 3.63) is 35.9 Å². The van der Waals surface area contributed by atoms with Crippen molar-refractivity contribution in [1.29, 1.82) is 0 Å². The molecule has 0 heterocycles. The molecule has 4 N–H and O–H groups in total. The number of nitrogens with two attached hydrogens (primary N) is 1. The van der Waals surface area contributed by atoms with E-state index in [0.29, 0.717) is 19.5 Å². The molecular formula is C11H18N2O. The SMILES string of the molecule is CCNC(O)(CCN)c1ccccc1. The zero-order chi connectivity index (χ0) is 10.4. The first-order chi connectivity index (χ1) is 6.73. The van der Waals surface area contributed by atoms with E-state index < -0.39 is 5.72 Å². The second-order valence-electron chi connectivity index (χ2n) is 3.30. The van der Waals surface area contributed by atoms with Gasteiger partial charge in [0.05, 0.1) is 0 Å². The smallest absolute Gasteiger partial charge is 0.143 e. The van der Waals surface area contributed by atoms with Crippen molar-refractivity contribution in [3.8, 4) is 0 Å². The van der Waals surface area contributed by atoms with Gasteiger partial charge in [0, 0.05) is 6.42 Å². The topological polar surface area (TPSA) is 58.3 Å². The van der Waals surface area contributed by atoms with Gasteiger partial charge in [0.15, 0.2) is 0 Å². The summed E-state index contributed by atoms with van der Waals surface area (Å²) < 4.78 is 0. The number of aliphatic hydroxyl groups is 1. The molecule has 1 aromatic rings. The quantitative estimate of drug-likeness (QED) is 0.607. The highest BCUT2D eigenvalue weighted by atomic mass is 16.3. The first-order valence-electron chi connectivity index (χ1n) is 4.96. The molecule has 0 saturated heterocycles. The van der Waals surface area contributed by atoms with Crippen molar-refractivity contribution in [2.45, 2.75) is 19.1 Å². The second kappa shape index (κ2) is 5.10. The van der Waals surface area contributed by atoms with E-state index in [0.717, 1.165) is 5.56 Å². The Kier molecular flexibility index (Phi) is 4.07. The third-order valence-corrected chi connectivity index (χ3v) is 2.23. The van der Waals surface area contributed by atoms with Crippen LogP contribution in [-0.4, -0.2) is 18.2 Å². The average Bonchev–Trinajstić information content (AvgIpc) is 2.20. The first kappa shape index (κ1) is 11.2. The van der Waals surface area contributed by atoms with Crippen LogP contribution in [0.2, 0.25) is 0 Å². The number of hydrogen-bond acceptors (Lipinski definition) is 3. The fourth-order valence-corrected chi connectivity index (χ4v) is 1.55. The van der Waals surface area contributed by atoms with E-state index in [1.807, 2.05) is 37.3 Å². The molecule has 3 heteroatoms. The summed E-state index contributed by atoms with van der Waals surface area (Å²) in [6.45, 7) is 3.13. The lowest BCUT2D eigenvalue weighted by Gasteiger charge is -2.29. The van der Waals surface area contributed by atoms with Crippen LogP contribution in [-0.2, 0) is 5.72 Å². The lowest BCUT2D eigenvalue weighted by Crippen LogP contribution is -2.43. The molecule has 0 spiro atoms. The molecular weight excluding hydrogens is 176 g/mol. The van der Waals surface area contributed by atoms with Gasteiger partial charge in [-0.05, 0) is 18.7 Å². The van der Waals surface area contributed by atoms with Crippen molar-refractivity contribution in [2.24, 2.45) is 5.73 Å². The summed E-state index contributed by atoms with van der Waals surface area (Å²) >= 11 is 0. The molecule has 0 radical (unpaired) electrons. The predicted octanol–water partition coefficient (Wildman–Crippen LogP) is 0.790. The molecule has 0 bridgehead atoms. The Balaban J connectivity index is 2.87. The standard InChI is InChI=1S/C11H18N2O/c1-2-13-11(14,8-9-12)10-6-4-3-5-7-10/h3-7,13-14H,2,8-9,12H2,1H3. The molecule has 1 rings (SSSR count). The van der Waals surface area contributed by atoms with E-state index in [1.165, 1.54) is 0 Å². The van der Waals surface area contributed by atoms with Crippen molar-refractivity contribution < 1.29 is 5.11 Å². The Morgan fingerprint density at radius 3 is 2.50 bits per heavy atom. The van der Waals surface area contributed by atoms with Crippen LogP contribution in [0.25, 0.3) is 0 Å². The fourth-order valence-electron chi connectivity index (χ4n) is 1.55. The maximum absolute atomic E-state index is 10.3. The van der Waals surface area contributed by atoms with Crippen LogP contribution in [0.5, 0.6) is 0 Å². The summed E-state index contributed by atoms with van der Waals surface area (Å²) in [6, 6.07) is 9.55. The maximum atomic E-state index is 10.3. The van der Waals surface area contributed by atoms with Crippen LogP contribution in [0.3, 0.4) is 0 Å². The Bertz CT molecular complexity index is 255. The first-order valence-corrected chi connectivity index (χ1v) is 4.96. The normalized spacial score (nSPS) is 15.1. The summed E-state index contributed by atoms with van der Waals surface area (Å²) in [5.41, 5.74) is 5.37. The molecule has 0 aliphatic carbocycles. The average molecular weight is 194 g/mol. The molecule has 1 atom stereocenters. The molecule has 0 fully saturated rings. The highest BCUT2D eigenvalue weighted by Crippen LogP contribution is 2.20. The van der Waals surface area contributed by atoms with Crippen LogP contribution in [0, 0.1) is 0 Å². The number of benzene rings is 1. The Morgan fingerprint density at radius 2 is 2.00 bits per heavy atom. The molecule has 1 aromatic carbocycles. The summed E-state index contributed by atoms with van der Waals surface area (Å²) in [6.07, 6.45) is 0.519. The van der Waals surface area contributed by atoms with Gasteiger partial charge in [-0.25, -0.2) is 0 Å². The number of rotatable bonds is 5. The molecule has 0 aliphatic rings. The van der Waals surface area contributed by atoms with Gasteiger partial charge in [-0.1, -0.05) is 37.3 Å². The van der Waals surface area contributed by atoms with E-state index in [4.69, 9.17) is 5.73 Å². The largest absolute Gasteiger partial charge is 0.372 e. The van der Waals surface area contributed by atoms with E-state index in [9.17, 15) is 5.11 Å². The van der Waals surface area contributed by atoms with E-state index in [1.54, 1.807) is 0 Å². The Labute approximate surface area is 84.9 Å². The number of nitrogens with one attached hydrogen (secondary N) is 1. The fraction of sp³-hybridized carbons (Fsp3) is 0.455. The van der Waals surface area contributed by atoms with Gasteiger partial charge < -0.3 is 10.8 Å². The van der Waals surface area contributed by atoms with Crippen LogP contribution in [0.15, 0.2) is 30.3 Å². The van der Waals surface area contributed by atoms with Gasteiger partial charge in [0.2, 0.25) is 0 Å². The van der Waals surface area contributed by atoms with E-state index in [-0.39, 0.29) is 0 Å². The van der Waals surface area contributed by atoms with Crippen LogP contribution >= 0.6 is 0 Å². The van der Waals surface area contributed by atoms with Crippen LogP contribution < -0.4 is 11.1 Å². The highest BCUT2D eigenvalue weighted by molar-refractivity contribution is 5.21. The molecule has 78 valence electrons. The Hall–Kier alpha value is -0.900. The third-order valence-electron chi connectivity index (χ3n) is 2.23. The minimum Gasteiger partial charge on any atom is -0.372 e. The third kappa shape index (κ3) is 2.54. The molecule has 3 nitrogen and oxygen atoms in total. The molecule has 0 saturated carbocycles. The highest BCUT2D eigenvalue weighted by Gasteiger charge is 2.26. The van der Waals surface area contributed by atoms with Gasteiger partial charge >= 0.3 is 0 Å². The minimum atomic E-state index is -0.981. The molecule has 1 unspecified atom stereocenters. The molecule has 0 amide bonds. The maximum Gasteiger partial charge on any atom is 0.143 e. The summed E-state index contributed by atoms with van der Waals surface area (Å²) in [4.78, 5) is 0. The summed E-state index contributed by atoms with van der Waals surface area (Å²) in [5, 5.41) is 13.3. The van der Waals surface area contributed by atoms with Crippen molar-refractivity contribution in [3.63, 3.8) is 0 Å². The zero-order valence-electron chi connectivity index (χ0n) is 8.53. The van der Waals surface area contributed by atoms with Crippen LogP contribution in [0.1, 0.15) is 18.9 Å². The lowest BCUT2D eigenvalue weighted by molar-refractivity contribution is -0.00411. The van der Waals surface area contributed by atoms with Gasteiger partial charge in [-0.15, -0.1) is 0 Å². The molecule has 0 aromatic heterocycles. The van der Waals surface area contributed by atoms with Gasteiger partial charge in [0.25, 0.3) is 0 Å². The molecule has 0 aliphatic heterocycles. The van der Waals surface area contributed by atoms with Crippen molar-refractivity contribution in [2.75, 3.05) is 13.1 Å². The zero-order valence-corrected chi connectivity index (χ0v) is 8.53. The van der Waals surface area contributed by atoms with Crippen molar-refractivity contribution >= 4 is 0 Å². The monoisotopic (exact) mass is 194 g/mol.